The molecule has 0 saturated heterocycles. The summed E-state index contributed by atoms with van der Waals surface area (Å²) in [6, 6.07) is 0. The van der Waals surface area contributed by atoms with E-state index in [0.29, 0.717) is 28.7 Å². The second kappa shape index (κ2) is 5.04. The zero-order chi connectivity index (χ0) is 15.0. The van der Waals surface area contributed by atoms with Gasteiger partial charge in [0.25, 0.3) is 5.88 Å². The lowest BCUT2D eigenvalue weighted by Crippen LogP contribution is -2.04. The first-order chi connectivity index (χ1) is 10.1. The summed E-state index contributed by atoms with van der Waals surface area (Å²) >= 11 is 0. The number of nitrogens with zero attached hydrogens (tertiary/aromatic N) is 5. The lowest BCUT2D eigenvalue weighted by Gasteiger charge is -2.08. The predicted molar refractivity (Wildman–Crippen MR) is 78.6 cm³/mol. The molecule has 110 valence electrons. The molecule has 0 atom stereocenters. The van der Waals surface area contributed by atoms with Crippen molar-refractivity contribution < 1.29 is 4.74 Å². The summed E-state index contributed by atoms with van der Waals surface area (Å²) in [5.74, 6) is 1.63. The minimum atomic E-state index is 0.438. The third-order valence-electron chi connectivity index (χ3n) is 3.23. The van der Waals surface area contributed by atoms with Crippen LogP contribution in [-0.4, -0.2) is 36.3 Å². The van der Waals surface area contributed by atoms with Crippen LogP contribution in [0, 0.1) is 13.8 Å². The molecule has 0 saturated carbocycles. The number of H-pyrrole nitrogens is 1. The van der Waals surface area contributed by atoms with E-state index in [2.05, 4.69) is 30.4 Å². The summed E-state index contributed by atoms with van der Waals surface area (Å²) < 4.78 is 7.75. The second-order valence-electron chi connectivity index (χ2n) is 4.71. The van der Waals surface area contributed by atoms with Crippen LogP contribution >= 0.6 is 0 Å². The Morgan fingerprint density at radius 1 is 1.33 bits per heavy atom. The normalized spacial score (nSPS) is 11.0. The van der Waals surface area contributed by atoms with E-state index in [0.717, 1.165) is 17.9 Å². The highest BCUT2D eigenvalue weighted by Crippen LogP contribution is 2.30. The van der Waals surface area contributed by atoms with Crippen LogP contribution in [-0.2, 0) is 7.05 Å². The highest BCUT2D eigenvalue weighted by atomic mass is 16.5. The van der Waals surface area contributed by atoms with Crippen LogP contribution in [0.5, 0.6) is 11.6 Å². The smallest absolute Gasteiger partial charge is 0.250 e. The second-order valence-corrected chi connectivity index (χ2v) is 4.71. The molecule has 0 fully saturated rings. The Morgan fingerprint density at radius 3 is 2.81 bits per heavy atom. The van der Waals surface area contributed by atoms with Crippen LogP contribution in [0.15, 0.2) is 6.33 Å². The predicted octanol–water partition coefficient (Wildman–Crippen LogP) is 1.93. The van der Waals surface area contributed by atoms with Gasteiger partial charge >= 0.3 is 0 Å². The molecule has 8 nitrogen and oxygen atoms in total. The van der Waals surface area contributed by atoms with Crippen LogP contribution in [0.1, 0.15) is 18.3 Å². The van der Waals surface area contributed by atoms with Gasteiger partial charge in [-0.05, 0) is 20.8 Å². The SMILES string of the molecule is CCNc1nc(Oc2c(C)nn(C)c2C)c2[nH]cnc2n1. The summed E-state index contributed by atoms with van der Waals surface area (Å²) in [6.07, 6.45) is 1.57. The first-order valence-electron chi connectivity index (χ1n) is 6.73. The van der Waals surface area contributed by atoms with Gasteiger partial charge in [0, 0.05) is 13.6 Å². The molecule has 0 aliphatic rings. The van der Waals surface area contributed by atoms with Gasteiger partial charge in [0.1, 0.15) is 11.2 Å². The maximum absolute atomic E-state index is 5.97. The van der Waals surface area contributed by atoms with Gasteiger partial charge in [-0.15, -0.1) is 0 Å². The van der Waals surface area contributed by atoms with Gasteiger partial charge in [-0.1, -0.05) is 0 Å². The van der Waals surface area contributed by atoms with Crippen molar-refractivity contribution in [3.05, 3.63) is 17.7 Å². The Bertz CT molecular complexity index is 789. The number of hydrogen-bond acceptors (Lipinski definition) is 6. The first kappa shape index (κ1) is 13.3. The Kier molecular flexibility index (Phi) is 3.20. The average molecular weight is 287 g/mol. The quantitative estimate of drug-likeness (QED) is 0.761. The van der Waals surface area contributed by atoms with Crippen molar-refractivity contribution in [2.75, 3.05) is 11.9 Å². The van der Waals surface area contributed by atoms with E-state index in [4.69, 9.17) is 4.74 Å². The standard InChI is InChI=1S/C13H17N7O/c1-5-14-13-17-11-9(15-6-16-11)12(18-13)21-10-7(2)19-20(4)8(10)3/h6H,5H2,1-4H3,(H2,14,15,16,17,18). The summed E-state index contributed by atoms with van der Waals surface area (Å²) in [6.45, 7) is 6.55. The summed E-state index contributed by atoms with van der Waals surface area (Å²) in [5, 5.41) is 7.41. The lowest BCUT2D eigenvalue weighted by molar-refractivity contribution is 0.460. The molecule has 3 aromatic heterocycles. The van der Waals surface area contributed by atoms with Crippen LogP contribution in [0.25, 0.3) is 11.2 Å². The maximum atomic E-state index is 5.97. The summed E-state index contributed by atoms with van der Waals surface area (Å²) in [4.78, 5) is 15.9. The Labute approximate surface area is 121 Å². The van der Waals surface area contributed by atoms with Crippen LogP contribution < -0.4 is 10.1 Å². The highest BCUT2D eigenvalue weighted by molar-refractivity contribution is 5.77. The van der Waals surface area contributed by atoms with Gasteiger partial charge in [-0.2, -0.15) is 15.1 Å². The largest absolute Gasteiger partial charge is 0.433 e. The number of imidazole rings is 1. The number of aryl methyl sites for hydroxylation is 2. The van der Waals surface area contributed by atoms with Crippen LogP contribution in [0.2, 0.25) is 0 Å². The molecule has 21 heavy (non-hydrogen) atoms. The van der Waals surface area contributed by atoms with Gasteiger partial charge in [-0.3, -0.25) is 4.68 Å². The van der Waals surface area contributed by atoms with E-state index >= 15 is 0 Å². The van der Waals surface area contributed by atoms with Crippen LogP contribution in [0.4, 0.5) is 5.95 Å². The van der Waals surface area contributed by atoms with E-state index in [1.54, 1.807) is 11.0 Å². The molecule has 0 bridgehead atoms. The third kappa shape index (κ3) is 2.28. The monoisotopic (exact) mass is 287 g/mol. The third-order valence-corrected chi connectivity index (χ3v) is 3.23. The van der Waals surface area contributed by atoms with Crippen LogP contribution in [0.3, 0.4) is 0 Å². The molecule has 2 N–H and O–H groups in total. The van der Waals surface area contributed by atoms with Gasteiger partial charge in [0.05, 0.1) is 12.0 Å². The van der Waals surface area contributed by atoms with Crippen molar-refractivity contribution in [1.82, 2.24) is 29.7 Å². The van der Waals surface area contributed by atoms with Gasteiger partial charge in [0.2, 0.25) is 5.95 Å². The topological polar surface area (TPSA) is 93.5 Å². The summed E-state index contributed by atoms with van der Waals surface area (Å²) in [7, 11) is 1.88. The fourth-order valence-corrected chi connectivity index (χ4v) is 2.12. The van der Waals surface area contributed by atoms with E-state index in [9.17, 15) is 0 Å². The molecule has 0 radical (unpaired) electrons. The number of aromatic nitrogens is 6. The average Bonchev–Trinajstić information content (AvgIpc) is 3.00. The van der Waals surface area contributed by atoms with Crippen molar-refractivity contribution in [2.45, 2.75) is 20.8 Å². The number of anilines is 1. The minimum absolute atomic E-state index is 0.438. The lowest BCUT2D eigenvalue weighted by atomic mass is 10.3. The molecule has 3 aromatic rings. The van der Waals surface area contributed by atoms with E-state index in [1.807, 2.05) is 27.8 Å². The molecular formula is C13H17N7O. The molecule has 0 aromatic carbocycles. The maximum Gasteiger partial charge on any atom is 0.250 e. The number of hydrogen-bond donors (Lipinski definition) is 2. The fraction of sp³-hybridized carbons (Fsp3) is 0.385. The first-order valence-corrected chi connectivity index (χ1v) is 6.73. The molecule has 0 spiro atoms. The van der Waals surface area contributed by atoms with Gasteiger partial charge < -0.3 is 15.0 Å². The van der Waals surface area contributed by atoms with Crippen molar-refractivity contribution in [2.24, 2.45) is 7.05 Å². The van der Waals surface area contributed by atoms with Crippen molar-refractivity contribution >= 4 is 17.1 Å². The molecule has 0 aliphatic heterocycles. The van der Waals surface area contributed by atoms with Crippen molar-refractivity contribution in [3.63, 3.8) is 0 Å². The summed E-state index contributed by atoms with van der Waals surface area (Å²) in [5.41, 5.74) is 2.98. The zero-order valence-corrected chi connectivity index (χ0v) is 12.4. The van der Waals surface area contributed by atoms with Gasteiger partial charge in [0.15, 0.2) is 11.4 Å². The number of nitrogens with one attached hydrogen (secondary N) is 2. The molecule has 0 amide bonds. The van der Waals surface area contributed by atoms with Crippen molar-refractivity contribution in [1.29, 1.82) is 0 Å². The molecule has 3 rings (SSSR count). The number of ether oxygens (including phenoxy) is 1. The molecule has 8 heteroatoms. The highest BCUT2D eigenvalue weighted by Gasteiger charge is 2.17. The number of fused-ring (bicyclic) bond motifs is 1. The van der Waals surface area contributed by atoms with Crippen molar-refractivity contribution in [3.8, 4) is 11.6 Å². The van der Waals surface area contributed by atoms with Gasteiger partial charge in [-0.25, -0.2) is 4.98 Å². The fourth-order valence-electron chi connectivity index (χ4n) is 2.12. The molecule has 0 aliphatic carbocycles. The molecular weight excluding hydrogens is 270 g/mol. The molecule has 0 unspecified atom stereocenters. The Balaban J connectivity index is 2.08. The number of rotatable bonds is 4. The van der Waals surface area contributed by atoms with E-state index in [1.165, 1.54) is 0 Å². The Hall–Kier alpha value is -2.64. The minimum Gasteiger partial charge on any atom is -0.433 e. The molecule has 3 heterocycles. The van der Waals surface area contributed by atoms with E-state index in [-0.39, 0.29) is 0 Å². The zero-order valence-electron chi connectivity index (χ0n) is 12.4. The Morgan fingerprint density at radius 2 is 2.14 bits per heavy atom. The number of aromatic amines is 1. The van der Waals surface area contributed by atoms with E-state index < -0.39 is 0 Å².